The van der Waals surface area contributed by atoms with Crippen molar-refractivity contribution < 1.29 is 49.3 Å². The topological polar surface area (TPSA) is 175 Å². The Hall–Kier alpha value is -2.77. The molecule has 0 spiro atoms. The molecule has 0 aliphatic carbocycles. The Kier molecular flexibility index (Phi) is 9.05. The van der Waals surface area contributed by atoms with E-state index in [4.69, 9.17) is 30.9 Å². The van der Waals surface area contributed by atoms with Crippen LogP contribution in [0.2, 0.25) is 5.02 Å². The number of ether oxygens (including phenoxy) is 3. The first-order valence-corrected chi connectivity index (χ1v) is 13.4. The maximum Gasteiger partial charge on any atom is 0.326 e. The minimum absolute atomic E-state index is 0.164. The van der Waals surface area contributed by atoms with Gasteiger partial charge in [0.15, 0.2) is 0 Å². The summed E-state index contributed by atoms with van der Waals surface area (Å²) in [4.78, 5) is 20.5. The van der Waals surface area contributed by atoms with Crippen LogP contribution in [0.15, 0.2) is 42.5 Å². The molecular weight excluding hydrogens is 546 g/mol. The summed E-state index contributed by atoms with van der Waals surface area (Å²) in [6.07, 6.45) is -4.48. The predicted octanol–water partition coefficient (Wildman–Crippen LogP) is 1.09. The maximum absolute atomic E-state index is 10.8. The van der Waals surface area contributed by atoms with Crippen LogP contribution in [0.5, 0.6) is 5.75 Å². The molecule has 6 N–H and O–H groups in total. The van der Waals surface area contributed by atoms with Crippen molar-refractivity contribution in [3.8, 4) is 5.75 Å². The minimum Gasteiger partial charge on any atom is -0.494 e. The molecule has 7 atom stereocenters. The van der Waals surface area contributed by atoms with E-state index in [2.05, 4.69) is 5.32 Å². The number of hydrogen-bond acceptors (Lipinski definition) is 9. The Labute approximate surface area is 236 Å². The molecule has 0 saturated carbocycles. The van der Waals surface area contributed by atoms with Gasteiger partial charge in [-0.25, -0.2) is 4.79 Å². The molecule has 3 fully saturated rings. The average molecular weight is 580 g/mol. The summed E-state index contributed by atoms with van der Waals surface area (Å²) >= 11 is 6.43. The number of rotatable bonds is 7. The standard InChI is InChI=1S/C23H27ClO7.C5H7NO3/c1-3-29-17-7-4-14(5-8-17)10-15-11-16(6-9-18(15)24)23-21(28)19(26)20(27)22(31-23,12-30-23)13(2)25;7-4-2-1-3(6-4)5(8)9/h4-9,11,13,19-21,25-28H,3,10,12H2,1-2H3;3H,1-2H2,(H,6,7)(H,8,9)/t13-,19+,20+,21-,22-,23+;3-/m10/s1. The number of amides is 1. The van der Waals surface area contributed by atoms with Gasteiger partial charge in [0.25, 0.3) is 0 Å². The SMILES string of the molecule is CCOc1ccc(Cc2cc([C@]34OC[C@]([C@@H](C)O)(O3)[C@@H](O)[C@H](O)[C@H]4O)ccc2Cl)cc1.O=C1CC[C@@H](C(=O)O)N1. The second-order valence-electron chi connectivity index (χ2n) is 10.1. The van der Waals surface area contributed by atoms with Crippen molar-refractivity contribution in [3.05, 3.63) is 64.2 Å². The summed E-state index contributed by atoms with van der Waals surface area (Å²) in [5.74, 6) is -2.05. The summed E-state index contributed by atoms with van der Waals surface area (Å²) < 4.78 is 17.3. The number of aliphatic hydroxyl groups is 4. The van der Waals surface area contributed by atoms with Crippen LogP contribution in [-0.2, 0) is 31.3 Å². The van der Waals surface area contributed by atoms with Gasteiger partial charge in [-0.15, -0.1) is 0 Å². The first-order chi connectivity index (χ1) is 18.9. The van der Waals surface area contributed by atoms with Crippen LogP contribution in [0.4, 0.5) is 0 Å². The number of benzene rings is 2. The van der Waals surface area contributed by atoms with Gasteiger partial charge in [0.2, 0.25) is 11.7 Å². The number of carbonyl (C=O) groups is 2. The van der Waals surface area contributed by atoms with E-state index in [0.29, 0.717) is 36.5 Å². The minimum atomic E-state index is -1.73. The molecule has 3 aliphatic heterocycles. The van der Waals surface area contributed by atoms with E-state index in [1.165, 1.54) is 6.92 Å². The number of fused-ring (bicyclic) bond motifs is 2. The van der Waals surface area contributed by atoms with Gasteiger partial charge in [-0.2, -0.15) is 0 Å². The lowest BCUT2D eigenvalue weighted by molar-refractivity contribution is -0.336. The van der Waals surface area contributed by atoms with Crippen molar-refractivity contribution in [2.24, 2.45) is 0 Å². The molecule has 3 heterocycles. The van der Waals surface area contributed by atoms with E-state index in [1.54, 1.807) is 18.2 Å². The molecule has 0 unspecified atom stereocenters. The monoisotopic (exact) mass is 579 g/mol. The van der Waals surface area contributed by atoms with E-state index in [0.717, 1.165) is 16.9 Å². The summed E-state index contributed by atoms with van der Waals surface area (Å²) in [6.45, 7) is 3.78. The number of carboxylic acids is 1. The molecule has 11 nitrogen and oxygen atoms in total. The summed E-state index contributed by atoms with van der Waals surface area (Å²) in [6, 6.07) is 12.1. The van der Waals surface area contributed by atoms with Gasteiger partial charge in [0.1, 0.15) is 35.7 Å². The van der Waals surface area contributed by atoms with Crippen LogP contribution in [0.1, 0.15) is 43.4 Å². The molecule has 2 aromatic rings. The first-order valence-electron chi connectivity index (χ1n) is 13.0. The molecular formula is C28H34ClNO10. The Morgan fingerprint density at radius 3 is 2.42 bits per heavy atom. The number of hydrogen-bond donors (Lipinski definition) is 6. The van der Waals surface area contributed by atoms with Crippen LogP contribution in [-0.4, -0.2) is 86.7 Å². The molecule has 0 aromatic heterocycles. The molecule has 1 amide bonds. The third-order valence-corrected chi connectivity index (χ3v) is 7.84. The molecule has 5 rings (SSSR count). The number of carbonyl (C=O) groups excluding carboxylic acids is 1. The fourth-order valence-corrected chi connectivity index (χ4v) is 5.31. The summed E-state index contributed by atoms with van der Waals surface area (Å²) in [5.41, 5.74) is 0.672. The van der Waals surface area contributed by atoms with Crippen molar-refractivity contribution in [2.75, 3.05) is 13.2 Å². The number of halogens is 1. The van der Waals surface area contributed by atoms with E-state index in [1.807, 2.05) is 31.2 Å². The van der Waals surface area contributed by atoms with E-state index >= 15 is 0 Å². The summed E-state index contributed by atoms with van der Waals surface area (Å²) in [7, 11) is 0. The molecule has 2 bridgehead atoms. The number of carboxylic acid groups (broad SMARTS) is 1. The lowest BCUT2D eigenvalue weighted by Crippen LogP contribution is -2.67. The average Bonchev–Trinajstić information content (AvgIpc) is 3.54. The predicted molar refractivity (Wildman–Crippen MR) is 142 cm³/mol. The highest BCUT2D eigenvalue weighted by molar-refractivity contribution is 6.31. The fraction of sp³-hybridized carbons (Fsp3) is 0.500. The van der Waals surface area contributed by atoms with Crippen LogP contribution >= 0.6 is 11.6 Å². The Bertz CT molecular complexity index is 1220. The fourth-order valence-electron chi connectivity index (χ4n) is 5.12. The lowest BCUT2D eigenvalue weighted by atomic mass is 9.81. The Balaban J connectivity index is 0.000000350. The third kappa shape index (κ3) is 5.68. The van der Waals surface area contributed by atoms with E-state index in [-0.39, 0.29) is 12.5 Å². The molecule has 218 valence electrons. The third-order valence-electron chi connectivity index (χ3n) is 7.47. The van der Waals surface area contributed by atoms with Crippen molar-refractivity contribution in [2.45, 2.75) is 75.0 Å². The van der Waals surface area contributed by atoms with Crippen LogP contribution in [0.25, 0.3) is 0 Å². The lowest BCUT2D eigenvalue weighted by Gasteiger charge is -2.47. The van der Waals surface area contributed by atoms with Crippen LogP contribution in [0.3, 0.4) is 0 Å². The molecule has 3 saturated heterocycles. The smallest absolute Gasteiger partial charge is 0.326 e. The zero-order chi connectivity index (χ0) is 29.2. The zero-order valence-corrected chi connectivity index (χ0v) is 22.9. The highest BCUT2D eigenvalue weighted by atomic mass is 35.5. The number of aliphatic carboxylic acids is 1. The highest BCUT2D eigenvalue weighted by Crippen LogP contribution is 2.51. The van der Waals surface area contributed by atoms with Gasteiger partial charge in [-0.05, 0) is 62.1 Å². The van der Waals surface area contributed by atoms with Gasteiger partial charge in [0.05, 0.1) is 19.3 Å². The van der Waals surface area contributed by atoms with Crippen LogP contribution < -0.4 is 10.1 Å². The van der Waals surface area contributed by atoms with Gasteiger partial charge >= 0.3 is 5.97 Å². The van der Waals surface area contributed by atoms with E-state index < -0.39 is 47.8 Å². The van der Waals surface area contributed by atoms with Crippen LogP contribution in [0, 0.1) is 0 Å². The molecule has 2 aromatic carbocycles. The highest BCUT2D eigenvalue weighted by Gasteiger charge is 2.68. The second-order valence-corrected chi connectivity index (χ2v) is 10.5. The number of aliphatic hydroxyl groups excluding tert-OH is 4. The summed E-state index contributed by atoms with van der Waals surface area (Å²) in [5, 5.41) is 53.1. The van der Waals surface area contributed by atoms with E-state index in [9.17, 15) is 30.0 Å². The van der Waals surface area contributed by atoms with Crippen molar-refractivity contribution in [1.29, 1.82) is 0 Å². The van der Waals surface area contributed by atoms with Gasteiger partial charge < -0.3 is 45.1 Å². The molecule has 3 aliphatic rings. The van der Waals surface area contributed by atoms with Gasteiger partial charge in [0, 0.05) is 17.0 Å². The van der Waals surface area contributed by atoms with Gasteiger partial charge in [-0.3, -0.25) is 4.79 Å². The Morgan fingerprint density at radius 1 is 1.18 bits per heavy atom. The molecule has 0 radical (unpaired) electrons. The Morgan fingerprint density at radius 2 is 1.88 bits per heavy atom. The largest absolute Gasteiger partial charge is 0.494 e. The van der Waals surface area contributed by atoms with Gasteiger partial charge in [-0.1, -0.05) is 29.8 Å². The second kappa shape index (κ2) is 12.0. The quantitative estimate of drug-likeness (QED) is 0.278. The maximum atomic E-state index is 10.8. The number of nitrogens with one attached hydrogen (secondary N) is 1. The molecule has 12 heteroatoms. The zero-order valence-electron chi connectivity index (χ0n) is 22.1. The first kappa shape index (κ1) is 30.2. The van der Waals surface area contributed by atoms with Crippen molar-refractivity contribution >= 4 is 23.5 Å². The van der Waals surface area contributed by atoms with Crippen molar-refractivity contribution in [3.63, 3.8) is 0 Å². The van der Waals surface area contributed by atoms with Crippen molar-refractivity contribution in [1.82, 2.24) is 5.32 Å². The normalized spacial score (nSPS) is 31.6. The molecule has 40 heavy (non-hydrogen) atoms.